The van der Waals surface area contributed by atoms with E-state index in [0.717, 1.165) is 11.1 Å². The summed E-state index contributed by atoms with van der Waals surface area (Å²) in [6, 6.07) is 15.8. The highest BCUT2D eigenvalue weighted by atomic mass is 19.4. The van der Waals surface area contributed by atoms with E-state index >= 15 is 0 Å². The van der Waals surface area contributed by atoms with Gasteiger partial charge in [0.25, 0.3) is 5.91 Å². The molecular formula is C21H21F3N2O2. The van der Waals surface area contributed by atoms with E-state index in [4.69, 9.17) is 0 Å². The number of hydrazone groups is 1. The van der Waals surface area contributed by atoms with Crippen LogP contribution in [0.25, 0.3) is 11.1 Å². The van der Waals surface area contributed by atoms with Crippen LogP contribution in [0.4, 0.5) is 13.2 Å². The highest BCUT2D eigenvalue weighted by Crippen LogP contribution is 2.24. The minimum atomic E-state index is -4.81. The van der Waals surface area contributed by atoms with Crippen LogP contribution in [0.1, 0.15) is 37.6 Å². The first-order valence-electron chi connectivity index (χ1n) is 8.61. The number of halogens is 3. The third-order valence-electron chi connectivity index (χ3n) is 4.04. The number of nitrogens with one attached hydrogen (secondary N) is 1. The zero-order valence-electron chi connectivity index (χ0n) is 15.8. The van der Waals surface area contributed by atoms with Gasteiger partial charge in [-0.15, -0.1) is 0 Å². The van der Waals surface area contributed by atoms with Gasteiger partial charge >= 0.3 is 6.18 Å². The van der Waals surface area contributed by atoms with Gasteiger partial charge in [-0.25, -0.2) is 5.43 Å². The Morgan fingerprint density at radius 1 is 0.893 bits per heavy atom. The minimum absolute atomic E-state index is 0.159. The molecule has 0 radical (unpaired) electrons. The number of amides is 1. The van der Waals surface area contributed by atoms with Crippen LogP contribution in [0.15, 0.2) is 59.7 Å². The second-order valence-corrected chi connectivity index (χ2v) is 7.29. The van der Waals surface area contributed by atoms with Gasteiger partial charge in [0.15, 0.2) is 0 Å². The van der Waals surface area contributed by atoms with Crippen molar-refractivity contribution in [1.82, 2.24) is 5.43 Å². The Hall–Kier alpha value is -2.96. The lowest BCUT2D eigenvalue weighted by Crippen LogP contribution is -2.33. The van der Waals surface area contributed by atoms with E-state index in [2.05, 4.69) is 5.10 Å². The molecular weight excluding hydrogens is 369 g/mol. The van der Waals surface area contributed by atoms with Crippen LogP contribution in [-0.4, -0.2) is 23.6 Å². The number of carbonyl (C=O) groups is 2. The summed E-state index contributed by atoms with van der Waals surface area (Å²) in [5.41, 5.74) is 1.60. The first-order chi connectivity index (χ1) is 13.0. The predicted molar refractivity (Wildman–Crippen MR) is 102 cm³/mol. The van der Waals surface area contributed by atoms with Gasteiger partial charge in [0.1, 0.15) is 11.5 Å². The molecule has 0 aliphatic rings. The fourth-order valence-electron chi connectivity index (χ4n) is 2.25. The number of Topliss-reactive ketones (excluding diaryl/α,β-unsaturated/α-hetero) is 1. The fraction of sp³-hybridized carbons (Fsp3) is 0.286. The van der Waals surface area contributed by atoms with E-state index in [1.165, 1.54) is 32.9 Å². The Balaban J connectivity index is 2.14. The fourth-order valence-corrected chi connectivity index (χ4v) is 2.25. The summed E-state index contributed by atoms with van der Waals surface area (Å²) >= 11 is 0. The van der Waals surface area contributed by atoms with Crippen LogP contribution in [0.3, 0.4) is 0 Å². The molecule has 4 nitrogen and oxygen atoms in total. The number of hydrogen-bond acceptors (Lipinski definition) is 3. The smallest absolute Gasteiger partial charge is 0.299 e. The number of nitrogens with zero attached hydrogens (tertiary/aromatic N) is 1. The SMILES string of the molecule is CC(C)(C)C(=O)C/C(=N\NC(=O)c1ccc(-c2ccccc2)cc1)C(F)(F)F. The molecule has 1 N–H and O–H groups in total. The first kappa shape index (κ1) is 21.3. The third kappa shape index (κ3) is 5.77. The van der Waals surface area contributed by atoms with Crippen molar-refractivity contribution in [3.8, 4) is 11.1 Å². The average molecular weight is 390 g/mol. The molecule has 28 heavy (non-hydrogen) atoms. The molecule has 0 bridgehead atoms. The summed E-state index contributed by atoms with van der Waals surface area (Å²) in [7, 11) is 0. The van der Waals surface area contributed by atoms with E-state index < -0.39 is 35.4 Å². The number of ketones is 1. The van der Waals surface area contributed by atoms with Crippen LogP contribution >= 0.6 is 0 Å². The van der Waals surface area contributed by atoms with Crippen molar-refractivity contribution in [1.29, 1.82) is 0 Å². The van der Waals surface area contributed by atoms with E-state index in [1.807, 2.05) is 35.8 Å². The van der Waals surface area contributed by atoms with Crippen molar-refractivity contribution < 1.29 is 22.8 Å². The molecule has 0 saturated heterocycles. The maximum absolute atomic E-state index is 13.1. The lowest BCUT2D eigenvalue weighted by molar-refractivity contribution is -0.126. The molecule has 0 unspecified atom stereocenters. The van der Waals surface area contributed by atoms with Crippen molar-refractivity contribution in [2.45, 2.75) is 33.4 Å². The van der Waals surface area contributed by atoms with Gasteiger partial charge in [-0.3, -0.25) is 9.59 Å². The Kier molecular flexibility index (Phi) is 6.38. The summed E-state index contributed by atoms with van der Waals surface area (Å²) in [5.74, 6) is -1.41. The molecule has 1 amide bonds. The van der Waals surface area contributed by atoms with Gasteiger partial charge in [0, 0.05) is 11.0 Å². The molecule has 0 aromatic heterocycles. The average Bonchev–Trinajstić information content (AvgIpc) is 2.63. The maximum Gasteiger partial charge on any atom is 0.431 e. The first-order valence-corrected chi connectivity index (χ1v) is 8.61. The molecule has 0 saturated carbocycles. The molecule has 2 rings (SSSR count). The van der Waals surface area contributed by atoms with Gasteiger partial charge in [-0.1, -0.05) is 63.2 Å². The number of hydrogen-bond donors (Lipinski definition) is 1. The number of alkyl halides is 3. The lowest BCUT2D eigenvalue weighted by atomic mass is 9.88. The van der Waals surface area contributed by atoms with Crippen molar-refractivity contribution in [2.75, 3.05) is 0 Å². The molecule has 0 heterocycles. The summed E-state index contributed by atoms with van der Waals surface area (Å²) in [6.45, 7) is 4.57. The Labute approximate surface area is 161 Å². The van der Waals surface area contributed by atoms with Gasteiger partial charge in [-0.2, -0.15) is 18.3 Å². The molecule has 0 fully saturated rings. The molecule has 0 aliphatic carbocycles. The highest BCUT2D eigenvalue weighted by molar-refractivity contribution is 6.07. The molecule has 7 heteroatoms. The lowest BCUT2D eigenvalue weighted by Gasteiger charge is -2.18. The van der Waals surface area contributed by atoms with Crippen LogP contribution in [-0.2, 0) is 4.79 Å². The number of carbonyl (C=O) groups excluding carboxylic acids is 2. The standard InChI is InChI=1S/C21H21F3N2O2/c1-20(2,3)18(27)13-17(21(22,23)24)25-26-19(28)16-11-9-15(10-12-16)14-7-5-4-6-8-14/h4-12H,13H2,1-3H3,(H,26,28)/b25-17+. The van der Waals surface area contributed by atoms with E-state index in [0.29, 0.717) is 0 Å². The van der Waals surface area contributed by atoms with E-state index in [-0.39, 0.29) is 5.56 Å². The predicted octanol–water partition coefficient (Wildman–Crippen LogP) is 5.01. The van der Waals surface area contributed by atoms with Crippen molar-refractivity contribution in [2.24, 2.45) is 10.5 Å². The normalized spacial score (nSPS) is 12.6. The second kappa shape index (κ2) is 8.37. The van der Waals surface area contributed by atoms with E-state index in [1.54, 1.807) is 12.1 Å². The molecule has 148 valence electrons. The van der Waals surface area contributed by atoms with E-state index in [9.17, 15) is 22.8 Å². The monoisotopic (exact) mass is 390 g/mol. The van der Waals surface area contributed by atoms with Crippen LogP contribution in [0.5, 0.6) is 0 Å². The van der Waals surface area contributed by atoms with Gasteiger partial charge < -0.3 is 0 Å². The zero-order valence-corrected chi connectivity index (χ0v) is 15.8. The van der Waals surface area contributed by atoms with Gasteiger partial charge in [0.2, 0.25) is 0 Å². The highest BCUT2D eigenvalue weighted by Gasteiger charge is 2.39. The Morgan fingerprint density at radius 3 is 1.93 bits per heavy atom. The summed E-state index contributed by atoms with van der Waals surface area (Å²) in [4.78, 5) is 24.1. The van der Waals surface area contributed by atoms with Crippen molar-refractivity contribution in [3.05, 3.63) is 60.2 Å². The van der Waals surface area contributed by atoms with Crippen molar-refractivity contribution in [3.63, 3.8) is 0 Å². The maximum atomic E-state index is 13.1. The minimum Gasteiger partial charge on any atom is -0.299 e. The number of benzene rings is 2. The summed E-state index contributed by atoms with van der Waals surface area (Å²) < 4.78 is 39.4. The molecule has 2 aromatic carbocycles. The van der Waals surface area contributed by atoms with Crippen LogP contribution in [0.2, 0.25) is 0 Å². The molecule has 0 aliphatic heterocycles. The van der Waals surface area contributed by atoms with Crippen LogP contribution < -0.4 is 5.43 Å². The summed E-state index contributed by atoms with van der Waals surface area (Å²) in [5, 5.41) is 3.18. The third-order valence-corrected chi connectivity index (χ3v) is 4.04. The quantitative estimate of drug-likeness (QED) is 0.576. The molecule has 0 spiro atoms. The summed E-state index contributed by atoms with van der Waals surface area (Å²) in [6.07, 6.45) is -5.72. The Bertz CT molecular complexity index is 865. The zero-order chi connectivity index (χ0) is 20.9. The van der Waals surface area contributed by atoms with Gasteiger partial charge in [-0.05, 0) is 23.3 Å². The molecule has 2 aromatic rings. The topological polar surface area (TPSA) is 58.5 Å². The van der Waals surface area contributed by atoms with Gasteiger partial charge in [0.05, 0.1) is 6.42 Å². The van der Waals surface area contributed by atoms with Crippen LogP contribution in [0, 0.1) is 5.41 Å². The number of rotatable bonds is 5. The largest absolute Gasteiger partial charge is 0.431 e. The van der Waals surface area contributed by atoms with Crippen molar-refractivity contribution >= 4 is 17.4 Å². The second-order valence-electron chi connectivity index (χ2n) is 7.29. The Morgan fingerprint density at radius 2 is 1.43 bits per heavy atom. The molecule has 0 atom stereocenters.